The van der Waals surface area contributed by atoms with Gasteiger partial charge in [0.05, 0.1) is 0 Å². The Hall–Kier alpha value is -0.990. The van der Waals surface area contributed by atoms with Crippen LogP contribution in [0.5, 0.6) is 0 Å². The molecule has 0 unspecified atom stereocenters. The molecule has 0 bridgehead atoms. The Morgan fingerprint density at radius 1 is 0.800 bits per heavy atom. The van der Waals surface area contributed by atoms with Crippen LogP contribution in [0.2, 0.25) is 0 Å². The summed E-state index contributed by atoms with van der Waals surface area (Å²) in [5.74, 6) is 2.63. The number of unbranched alkanes of at least 4 members (excludes halogenated alkanes) is 4. The van der Waals surface area contributed by atoms with Gasteiger partial charge in [-0.2, -0.15) is 0 Å². The van der Waals surface area contributed by atoms with Gasteiger partial charge in [0.1, 0.15) is 17.5 Å². The van der Waals surface area contributed by atoms with Crippen LogP contribution in [-0.4, -0.2) is 15.0 Å². The summed E-state index contributed by atoms with van der Waals surface area (Å²) in [5, 5.41) is 0. The molecule has 0 aliphatic rings. The molecule has 0 aliphatic heterocycles. The minimum absolute atomic E-state index is 0.839. The van der Waals surface area contributed by atoms with Crippen molar-refractivity contribution in [3.05, 3.63) is 17.5 Å². The van der Waals surface area contributed by atoms with Crippen molar-refractivity contribution in [2.24, 2.45) is 0 Å². The highest BCUT2D eigenvalue weighted by atomic mass is 15.0. The third kappa shape index (κ3) is 4.86. The van der Waals surface area contributed by atoms with Crippen LogP contribution < -0.4 is 0 Å². The van der Waals surface area contributed by atoms with Crippen molar-refractivity contribution in [1.29, 1.82) is 0 Å². The van der Waals surface area contributed by atoms with Crippen LogP contribution in [0.25, 0.3) is 0 Å². The summed E-state index contributed by atoms with van der Waals surface area (Å²) in [4.78, 5) is 12.8. The topological polar surface area (TPSA) is 38.7 Å². The van der Waals surface area contributed by atoms with Crippen molar-refractivity contribution in [2.45, 2.75) is 59.3 Å². The number of hydrogen-bond donors (Lipinski definition) is 0. The standard InChI is InChI=1S/C12H21N3/c1-4-5-6-7-8-9-12-14-10(2)13-11(3)15-12/h4-9H2,1-3H3. The van der Waals surface area contributed by atoms with Crippen LogP contribution in [0.4, 0.5) is 0 Å². The number of rotatable bonds is 6. The molecule has 1 heterocycles. The quantitative estimate of drug-likeness (QED) is 0.673. The number of aromatic nitrogens is 3. The molecule has 84 valence electrons. The highest BCUT2D eigenvalue weighted by molar-refractivity contribution is 4.94. The van der Waals surface area contributed by atoms with Gasteiger partial charge in [0.25, 0.3) is 0 Å². The smallest absolute Gasteiger partial charge is 0.132 e. The first-order valence-corrected chi connectivity index (χ1v) is 5.90. The van der Waals surface area contributed by atoms with Crippen LogP contribution in [0.3, 0.4) is 0 Å². The minimum atomic E-state index is 0.839. The zero-order valence-corrected chi connectivity index (χ0v) is 10.1. The predicted octanol–water partition coefficient (Wildman–Crippen LogP) is 3.00. The summed E-state index contributed by atoms with van der Waals surface area (Å²) in [6.07, 6.45) is 7.45. The number of hydrogen-bond acceptors (Lipinski definition) is 3. The van der Waals surface area contributed by atoms with Crippen molar-refractivity contribution in [2.75, 3.05) is 0 Å². The summed E-state index contributed by atoms with van der Waals surface area (Å²) in [5.41, 5.74) is 0. The van der Waals surface area contributed by atoms with E-state index in [4.69, 9.17) is 0 Å². The molecule has 0 amide bonds. The van der Waals surface area contributed by atoms with Crippen LogP contribution in [0.1, 0.15) is 56.5 Å². The SMILES string of the molecule is CCCCCCCc1nc(C)nc(C)n1. The minimum Gasteiger partial charge on any atom is -0.219 e. The van der Waals surface area contributed by atoms with Crippen molar-refractivity contribution < 1.29 is 0 Å². The lowest BCUT2D eigenvalue weighted by molar-refractivity contribution is 0.618. The number of nitrogens with zero attached hydrogens (tertiary/aromatic N) is 3. The van der Waals surface area contributed by atoms with Gasteiger partial charge in [-0.1, -0.05) is 32.6 Å². The van der Waals surface area contributed by atoms with E-state index in [2.05, 4.69) is 21.9 Å². The normalized spacial score (nSPS) is 10.6. The van der Waals surface area contributed by atoms with Crippen LogP contribution in [0.15, 0.2) is 0 Å². The highest BCUT2D eigenvalue weighted by Gasteiger charge is 2.00. The monoisotopic (exact) mass is 207 g/mol. The first-order chi connectivity index (χ1) is 7.22. The van der Waals surface area contributed by atoms with E-state index in [-0.39, 0.29) is 0 Å². The largest absolute Gasteiger partial charge is 0.219 e. The maximum Gasteiger partial charge on any atom is 0.132 e. The van der Waals surface area contributed by atoms with Crippen LogP contribution >= 0.6 is 0 Å². The Bertz CT molecular complexity index is 277. The van der Waals surface area contributed by atoms with Crippen molar-refractivity contribution in [1.82, 2.24) is 15.0 Å². The summed E-state index contributed by atoms with van der Waals surface area (Å²) < 4.78 is 0. The Labute approximate surface area is 92.4 Å². The molecule has 1 aromatic rings. The van der Waals surface area contributed by atoms with Gasteiger partial charge >= 0.3 is 0 Å². The van der Waals surface area contributed by atoms with E-state index in [0.717, 1.165) is 23.9 Å². The maximum atomic E-state index is 4.33. The lowest BCUT2D eigenvalue weighted by Gasteiger charge is -2.02. The third-order valence-electron chi connectivity index (χ3n) is 2.41. The molecule has 0 saturated heterocycles. The van der Waals surface area contributed by atoms with E-state index in [1.54, 1.807) is 0 Å². The second-order valence-electron chi connectivity index (χ2n) is 4.01. The van der Waals surface area contributed by atoms with Crippen molar-refractivity contribution in [3.63, 3.8) is 0 Å². The third-order valence-corrected chi connectivity index (χ3v) is 2.41. The van der Waals surface area contributed by atoms with E-state index in [0.29, 0.717) is 0 Å². The molecule has 0 fully saturated rings. The molecule has 0 N–H and O–H groups in total. The first kappa shape index (κ1) is 12.1. The summed E-state index contributed by atoms with van der Waals surface area (Å²) in [6.45, 7) is 6.09. The molecule has 0 saturated carbocycles. The van der Waals surface area contributed by atoms with Gasteiger partial charge in [-0.25, -0.2) is 15.0 Å². The van der Waals surface area contributed by atoms with Gasteiger partial charge in [0.15, 0.2) is 0 Å². The van der Waals surface area contributed by atoms with Crippen molar-refractivity contribution >= 4 is 0 Å². The lowest BCUT2D eigenvalue weighted by Crippen LogP contribution is -2.02. The molecule has 0 aromatic carbocycles. The first-order valence-electron chi connectivity index (χ1n) is 5.90. The average molecular weight is 207 g/mol. The van der Waals surface area contributed by atoms with Crippen LogP contribution in [-0.2, 0) is 6.42 Å². The van der Waals surface area contributed by atoms with Gasteiger partial charge in [0.2, 0.25) is 0 Å². The van der Waals surface area contributed by atoms with E-state index in [9.17, 15) is 0 Å². The van der Waals surface area contributed by atoms with E-state index in [1.165, 1.54) is 32.1 Å². The molecule has 3 nitrogen and oxygen atoms in total. The van der Waals surface area contributed by atoms with Gasteiger partial charge in [-0.3, -0.25) is 0 Å². The van der Waals surface area contributed by atoms with Gasteiger partial charge in [0, 0.05) is 6.42 Å². The van der Waals surface area contributed by atoms with Gasteiger partial charge in [-0.15, -0.1) is 0 Å². The van der Waals surface area contributed by atoms with Crippen LogP contribution in [0, 0.1) is 13.8 Å². The molecule has 1 rings (SSSR count). The molecule has 0 radical (unpaired) electrons. The van der Waals surface area contributed by atoms with Gasteiger partial charge < -0.3 is 0 Å². The van der Waals surface area contributed by atoms with Gasteiger partial charge in [-0.05, 0) is 20.3 Å². The molecule has 3 heteroatoms. The van der Waals surface area contributed by atoms with E-state index in [1.807, 2.05) is 13.8 Å². The Kier molecular flexibility index (Phi) is 5.22. The second-order valence-corrected chi connectivity index (χ2v) is 4.01. The zero-order chi connectivity index (χ0) is 11.1. The lowest BCUT2D eigenvalue weighted by atomic mass is 10.1. The highest BCUT2D eigenvalue weighted by Crippen LogP contribution is 2.06. The zero-order valence-electron chi connectivity index (χ0n) is 10.1. The maximum absolute atomic E-state index is 4.33. The Morgan fingerprint density at radius 3 is 2.00 bits per heavy atom. The Balaban J connectivity index is 2.31. The fourth-order valence-corrected chi connectivity index (χ4v) is 1.68. The summed E-state index contributed by atoms with van der Waals surface area (Å²) in [6, 6.07) is 0. The summed E-state index contributed by atoms with van der Waals surface area (Å²) >= 11 is 0. The molecular formula is C12H21N3. The molecule has 0 spiro atoms. The predicted molar refractivity (Wildman–Crippen MR) is 61.8 cm³/mol. The molecule has 15 heavy (non-hydrogen) atoms. The molecule has 0 aliphatic carbocycles. The average Bonchev–Trinajstić information content (AvgIpc) is 2.16. The van der Waals surface area contributed by atoms with Crippen molar-refractivity contribution in [3.8, 4) is 0 Å². The second kappa shape index (κ2) is 6.49. The summed E-state index contributed by atoms with van der Waals surface area (Å²) in [7, 11) is 0. The van der Waals surface area contributed by atoms with E-state index >= 15 is 0 Å². The Morgan fingerprint density at radius 2 is 1.40 bits per heavy atom. The van der Waals surface area contributed by atoms with E-state index < -0.39 is 0 Å². The fraction of sp³-hybridized carbons (Fsp3) is 0.750. The molecule has 1 aromatic heterocycles. The fourth-order valence-electron chi connectivity index (χ4n) is 1.68. The molecule has 0 atom stereocenters. The number of aryl methyl sites for hydroxylation is 3. The molecular weight excluding hydrogens is 186 g/mol.